The van der Waals surface area contributed by atoms with Gasteiger partial charge in [0.15, 0.2) is 18.7 Å². The molecule has 11 atom stereocenters. The molecule has 2 aliphatic rings. The molecule has 2 rings (SSSR count). The van der Waals surface area contributed by atoms with Crippen molar-refractivity contribution >= 4 is 11.9 Å². The zero-order valence-electron chi connectivity index (χ0n) is 42.6. The number of carbonyl (C=O) groups is 2. The van der Waals surface area contributed by atoms with Crippen LogP contribution < -0.4 is 0 Å². The van der Waals surface area contributed by atoms with E-state index in [-0.39, 0.29) is 26.1 Å². The lowest BCUT2D eigenvalue weighted by Gasteiger charge is -2.42. The van der Waals surface area contributed by atoms with E-state index in [9.17, 15) is 45.3 Å². The first-order valence-corrected chi connectivity index (χ1v) is 27.6. The molecule has 0 aromatic rings. The third-order valence-electron chi connectivity index (χ3n) is 13.6. The van der Waals surface area contributed by atoms with Gasteiger partial charge in [-0.15, -0.1) is 0 Å². The lowest BCUT2D eigenvalue weighted by Crippen LogP contribution is -2.61. The maximum atomic E-state index is 13.0. The molecule has 0 saturated carbocycles. The van der Waals surface area contributed by atoms with E-state index in [0.717, 1.165) is 38.5 Å². The summed E-state index contributed by atoms with van der Waals surface area (Å²) < 4.78 is 33.6. The SMILES string of the molecule is CCCCCCCCCCCCCCCCCCCCCCCC(=O)O[C@H](COC(=O)CCCCCCCCCCCCC)CO[C@H]1O[C@@H](CO[C@H]2O[C@@H](CO)[C@@H](O)C(O)C2O)[C@@H](O)C(O)C1O. The van der Waals surface area contributed by atoms with Crippen LogP contribution in [0.25, 0.3) is 0 Å². The average Bonchev–Trinajstić information content (AvgIpc) is 3.33. The lowest BCUT2D eigenvalue weighted by atomic mass is 9.98. The molecule has 15 heteroatoms. The molecule has 0 radical (unpaired) electrons. The highest BCUT2D eigenvalue weighted by Crippen LogP contribution is 2.27. The van der Waals surface area contributed by atoms with E-state index in [1.54, 1.807) is 0 Å². The van der Waals surface area contributed by atoms with Crippen LogP contribution in [0.2, 0.25) is 0 Å². The van der Waals surface area contributed by atoms with Gasteiger partial charge in [0.25, 0.3) is 0 Å². The minimum Gasteiger partial charge on any atom is -0.462 e. The highest BCUT2D eigenvalue weighted by atomic mass is 16.7. The van der Waals surface area contributed by atoms with Crippen LogP contribution >= 0.6 is 0 Å². The van der Waals surface area contributed by atoms with Crippen molar-refractivity contribution in [1.29, 1.82) is 0 Å². The Bertz CT molecular complexity index is 1190. The number of ether oxygens (including phenoxy) is 6. The van der Waals surface area contributed by atoms with E-state index in [1.807, 2.05) is 0 Å². The second-order valence-electron chi connectivity index (χ2n) is 19.8. The fourth-order valence-corrected chi connectivity index (χ4v) is 9.04. The highest BCUT2D eigenvalue weighted by molar-refractivity contribution is 5.70. The Labute approximate surface area is 410 Å². The second-order valence-corrected chi connectivity index (χ2v) is 19.8. The van der Waals surface area contributed by atoms with Gasteiger partial charge in [-0.25, -0.2) is 0 Å². The quantitative estimate of drug-likeness (QED) is 0.0225. The molecular formula is C53H100O15. The first-order chi connectivity index (χ1) is 33.0. The number of esters is 2. The number of carbonyl (C=O) groups excluding carboxylic acids is 2. The van der Waals surface area contributed by atoms with Crippen molar-refractivity contribution in [2.45, 2.75) is 300 Å². The van der Waals surface area contributed by atoms with Crippen LogP contribution in [0, 0.1) is 0 Å². The molecule has 68 heavy (non-hydrogen) atoms. The van der Waals surface area contributed by atoms with Gasteiger partial charge < -0.3 is 64.2 Å². The van der Waals surface area contributed by atoms with Crippen molar-refractivity contribution < 1.29 is 73.8 Å². The van der Waals surface area contributed by atoms with Gasteiger partial charge in [-0.2, -0.15) is 0 Å². The van der Waals surface area contributed by atoms with Gasteiger partial charge in [-0.05, 0) is 12.8 Å². The molecule has 4 unspecified atom stereocenters. The Morgan fingerprint density at radius 3 is 1.15 bits per heavy atom. The minimum absolute atomic E-state index is 0.174. The molecule has 0 aromatic heterocycles. The highest BCUT2D eigenvalue weighted by Gasteiger charge is 2.47. The van der Waals surface area contributed by atoms with Crippen molar-refractivity contribution in [3.05, 3.63) is 0 Å². The lowest BCUT2D eigenvalue weighted by molar-refractivity contribution is -0.332. The summed E-state index contributed by atoms with van der Waals surface area (Å²) >= 11 is 0. The summed E-state index contributed by atoms with van der Waals surface area (Å²) in [6.07, 6.45) is 22.8. The normalized spacial score (nSPS) is 25.7. The van der Waals surface area contributed by atoms with Gasteiger partial charge in [0.2, 0.25) is 0 Å². The van der Waals surface area contributed by atoms with Crippen LogP contribution in [-0.4, -0.2) is 142 Å². The summed E-state index contributed by atoms with van der Waals surface area (Å²) in [5.74, 6) is -0.909. The van der Waals surface area contributed by atoms with Crippen molar-refractivity contribution in [2.24, 2.45) is 0 Å². The average molecular weight is 977 g/mol. The zero-order chi connectivity index (χ0) is 49.6. The standard InChI is InChI=1S/C53H100O15/c1-3-5-7-9-11-13-15-16-17-18-19-20-21-22-23-24-26-28-30-32-34-36-45(56)66-41(38-63-44(55)35-33-31-29-27-25-14-12-10-8-6-4-2)39-64-52-51(62)49(60)47(58)43(68-52)40-65-53-50(61)48(59)46(57)42(37-54)67-53/h41-43,46-54,57-62H,3-40H2,1-2H3/t41-,42+,43+,46-,47-,48?,49?,50?,51?,52+,53+/m1/s1. The van der Waals surface area contributed by atoms with Gasteiger partial charge in [0.1, 0.15) is 55.4 Å². The van der Waals surface area contributed by atoms with Crippen molar-refractivity contribution in [3.8, 4) is 0 Å². The van der Waals surface area contributed by atoms with Gasteiger partial charge >= 0.3 is 11.9 Å². The van der Waals surface area contributed by atoms with Crippen LogP contribution in [0.5, 0.6) is 0 Å². The van der Waals surface area contributed by atoms with E-state index in [4.69, 9.17) is 28.4 Å². The number of aliphatic hydroxyl groups excluding tert-OH is 7. The Balaban J connectivity index is 1.74. The van der Waals surface area contributed by atoms with Gasteiger partial charge in [-0.3, -0.25) is 9.59 Å². The number of aliphatic hydroxyl groups is 7. The zero-order valence-corrected chi connectivity index (χ0v) is 42.6. The van der Waals surface area contributed by atoms with Crippen molar-refractivity contribution in [1.82, 2.24) is 0 Å². The number of rotatable bonds is 44. The van der Waals surface area contributed by atoms with Crippen LogP contribution in [0.4, 0.5) is 0 Å². The molecule has 7 N–H and O–H groups in total. The summed E-state index contributed by atoms with van der Waals surface area (Å²) in [7, 11) is 0. The maximum absolute atomic E-state index is 13.0. The van der Waals surface area contributed by atoms with E-state index in [1.165, 1.54) is 154 Å². The number of hydrogen-bond donors (Lipinski definition) is 7. The largest absolute Gasteiger partial charge is 0.462 e. The van der Waals surface area contributed by atoms with E-state index in [2.05, 4.69) is 13.8 Å². The smallest absolute Gasteiger partial charge is 0.306 e. The Morgan fingerprint density at radius 1 is 0.412 bits per heavy atom. The van der Waals surface area contributed by atoms with Crippen molar-refractivity contribution in [2.75, 3.05) is 26.4 Å². The molecule has 2 fully saturated rings. The van der Waals surface area contributed by atoms with E-state index < -0.39 is 92.7 Å². The molecular weight excluding hydrogens is 877 g/mol. The summed E-state index contributed by atoms with van der Waals surface area (Å²) in [6, 6.07) is 0. The predicted octanol–water partition coefficient (Wildman–Crippen LogP) is 8.39. The fourth-order valence-electron chi connectivity index (χ4n) is 9.04. The van der Waals surface area contributed by atoms with E-state index in [0.29, 0.717) is 12.8 Å². The van der Waals surface area contributed by atoms with Gasteiger partial charge in [-0.1, -0.05) is 206 Å². The third-order valence-corrected chi connectivity index (χ3v) is 13.6. The number of unbranched alkanes of at least 4 members (excludes halogenated alkanes) is 30. The molecule has 0 aliphatic carbocycles. The molecule has 0 spiro atoms. The Morgan fingerprint density at radius 2 is 0.750 bits per heavy atom. The molecule has 2 heterocycles. The van der Waals surface area contributed by atoms with Crippen LogP contribution in [0.15, 0.2) is 0 Å². The van der Waals surface area contributed by atoms with Gasteiger partial charge in [0.05, 0.1) is 19.8 Å². The summed E-state index contributed by atoms with van der Waals surface area (Å²) in [5, 5.41) is 72.1. The summed E-state index contributed by atoms with van der Waals surface area (Å²) in [6.45, 7) is 2.63. The van der Waals surface area contributed by atoms with Crippen LogP contribution in [0.1, 0.15) is 232 Å². The Kier molecular flexibility index (Phi) is 37.8. The summed E-state index contributed by atoms with van der Waals surface area (Å²) in [4.78, 5) is 25.8. The van der Waals surface area contributed by atoms with Crippen LogP contribution in [0.3, 0.4) is 0 Å². The Hall–Kier alpha value is -1.50. The third kappa shape index (κ3) is 28.5. The summed E-state index contributed by atoms with van der Waals surface area (Å²) in [5.41, 5.74) is 0. The molecule has 2 saturated heterocycles. The molecule has 0 amide bonds. The minimum atomic E-state index is -1.76. The number of hydrogen-bond acceptors (Lipinski definition) is 15. The first-order valence-electron chi connectivity index (χ1n) is 27.6. The topological polar surface area (TPSA) is 231 Å². The first kappa shape index (κ1) is 62.6. The van der Waals surface area contributed by atoms with Crippen LogP contribution in [-0.2, 0) is 38.0 Å². The fraction of sp³-hybridized carbons (Fsp3) is 0.962. The van der Waals surface area contributed by atoms with Gasteiger partial charge in [0, 0.05) is 12.8 Å². The predicted molar refractivity (Wildman–Crippen MR) is 262 cm³/mol. The molecule has 0 bridgehead atoms. The maximum Gasteiger partial charge on any atom is 0.306 e. The van der Waals surface area contributed by atoms with E-state index >= 15 is 0 Å². The monoisotopic (exact) mass is 977 g/mol. The molecule has 15 nitrogen and oxygen atoms in total. The molecule has 0 aromatic carbocycles. The molecule has 2 aliphatic heterocycles. The second kappa shape index (κ2) is 41.0. The molecule has 402 valence electrons. The van der Waals surface area contributed by atoms with Crippen molar-refractivity contribution in [3.63, 3.8) is 0 Å².